The molecule has 0 aromatic carbocycles. The largest absolute Gasteiger partial charge is 0.456 e. The number of hydrazine groups is 1. The van der Waals surface area contributed by atoms with E-state index in [2.05, 4.69) is 9.97 Å². The van der Waals surface area contributed by atoms with Crippen LogP contribution in [0.4, 0.5) is 0 Å². The molecule has 2 amide bonds. The van der Waals surface area contributed by atoms with Crippen LogP contribution in [0, 0.1) is 0 Å². The van der Waals surface area contributed by atoms with Gasteiger partial charge in [0.15, 0.2) is 6.61 Å². The molecule has 25 heavy (non-hydrogen) atoms. The monoisotopic (exact) mass is 360 g/mol. The van der Waals surface area contributed by atoms with Gasteiger partial charge in [0.25, 0.3) is 11.8 Å². The molecule has 1 saturated heterocycles. The zero-order valence-corrected chi connectivity index (χ0v) is 14.4. The molecule has 0 N–H and O–H groups in total. The number of hydrogen-bond acceptors (Lipinski definition) is 7. The van der Waals surface area contributed by atoms with Gasteiger partial charge in [0.2, 0.25) is 0 Å². The fourth-order valence-corrected chi connectivity index (χ4v) is 3.23. The molecule has 1 fully saturated rings. The molecule has 1 aliphatic rings. The van der Waals surface area contributed by atoms with E-state index in [9.17, 15) is 14.4 Å². The minimum atomic E-state index is -0.536. The second-order valence-corrected chi connectivity index (χ2v) is 6.22. The molecule has 9 heteroatoms. The number of thiazole rings is 1. The molecule has 3 rings (SSSR count). The van der Waals surface area contributed by atoms with E-state index >= 15 is 0 Å². The summed E-state index contributed by atoms with van der Waals surface area (Å²) >= 11 is 1.34. The van der Waals surface area contributed by atoms with E-state index < -0.39 is 11.9 Å². The van der Waals surface area contributed by atoms with E-state index in [-0.39, 0.29) is 18.2 Å². The maximum atomic E-state index is 12.7. The van der Waals surface area contributed by atoms with Crippen LogP contribution in [0.3, 0.4) is 0 Å². The van der Waals surface area contributed by atoms with Crippen molar-refractivity contribution >= 4 is 29.1 Å². The minimum absolute atomic E-state index is 0.274. The standard InChI is InChI=1S/C16H16N4O4S/c1-11(21)24-9-14(22)19-6-3-7-20(19)16(23)13-10-25-15(18-13)12-4-2-5-17-8-12/h2,4-5,8,10H,3,6-7,9H2,1H3. The van der Waals surface area contributed by atoms with Gasteiger partial charge < -0.3 is 4.74 Å². The fraction of sp³-hybridized carbons (Fsp3) is 0.312. The van der Waals surface area contributed by atoms with Gasteiger partial charge in [0, 0.05) is 43.4 Å². The van der Waals surface area contributed by atoms with Gasteiger partial charge in [0.05, 0.1) is 0 Å². The number of esters is 1. The number of amides is 2. The summed E-state index contributed by atoms with van der Waals surface area (Å²) in [6.07, 6.45) is 4.01. The summed E-state index contributed by atoms with van der Waals surface area (Å²) < 4.78 is 4.72. The van der Waals surface area contributed by atoms with Crippen LogP contribution in [-0.2, 0) is 14.3 Å². The van der Waals surface area contributed by atoms with Crippen molar-refractivity contribution in [2.45, 2.75) is 13.3 Å². The Morgan fingerprint density at radius 3 is 2.80 bits per heavy atom. The molecule has 0 spiro atoms. The Morgan fingerprint density at radius 2 is 2.08 bits per heavy atom. The van der Waals surface area contributed by atoms with Crippen molar-refractivity contribution in [3.05, 3.63) is 35.6 Å². The van der Waals surface area contributed by atoms with Gasteiger partial charge in [0.1, 0.15) is 10.7 Å². The van der Waals surface area contributed by atoms with Gasteiger partial charge in [-0.2, -0.15) is 0 Å². The molecule has 0 saturated carbocycles. The lowest BCUT2D eigenvalue weighted by Gasteiger charge is -2.26. The van der Waals surface area contributed by atoms with Gasteiger partial charge in [-0.05, 0) is 18.6 Å². The third-order valence-electron chi connectivity index (χ3n) is 3.58. The van der Waals surface area contributed by atoms with Crippen LogP contribution in [-0.4, -0.2) is 57.5 Å². The fourth-order valence-electron chi connectivity index (χ4n) is 2.45. The summed E-state index contributed by atoms with van der Waals surface area (Å²) in [5.41, 5.74) is 1.10. The summed E-state index contributed by atoms with van der Waals surface area (Å²) in [5, 5.41) is 5.02. The van der Waals surface area contributed by atoms with Crippen LogP contribution < -0.4 is 0 Å². The molecule has 0 bridgehead atoms. The van der Waals surface area contributed by atoms with Crippen LogP contribution in [0.15, 0.2) is 29.9 Å². The van der Waals surface area contributed by atoms with Crippen molar-refractivity contribution in [3.63, 3.8) is 0 Å². The van der Waals surface area contributed by atoms with Gasteiger partial charge in [-0.15, -0.1) is 11.3 Å². The Balaban J connectivity index is 1.73. The Bertz CT molecular complexity index is 792. The smallest absolute Gasteiger partial charge is 0.303 e. The molecule has 0 atom stereocenters. The van der Waals surface area contributed by atoms with Crippen LogP contribution >= 0.6 is 11.3 Å². The zero-order valence-electron chi connectivity index (χ0n) is 13.5. The first-order valence-corrected chi connectivity index (χ1v) is 8.55. The summed E-state index contributed by atoms with van der Waals surface area (Å²) in [5.74, 6) is -1.31. The highest BCUT2D eigenvalue weighted by Gasteiger charge is 2.32. The maximum absolute atomic E-state index is 12.7. The number of carbonyl (C=O) groups excluding carboxylic acids is 3. The predicted molar refractivity (Wildman–Crippen MR) is 89.3 cm³/mol. The molecule has 0 radical (unpaired) electrons. The summed E-state index contributed by atoms with van der Waals surface area (Å²) in [4.78, 5) is 44.1. The Morgan fingerprint density at radius 1 is 1.28 bits per heavy atom. The minimum Gasteiger partial charge on any atom is -0.456 e. The molecule has 1 aliphatic heterocycles. The molecule has 2 aromatic heterocycles. The number of rotatable bonds is 4. The first kappa shape index (κ1) is 17.0. The van der Waals surface area contributed by atoms with Crippen LogP contribution in [0.1, 0.15) is 23.8 Å². The topological polar surface area (TPSA) is 92.7 Å². The molecular formula is C16H16N4O4S. The predicted octanol–water partition coefficient (Wildman–Crippen LogP) is 1.36. The normalized spacial score (nSPS) is 13.8. The lowest BCUT2D eigenvalue weighted by molar-refractivity contribution is -0.155. The van der Waals surface area contributed by atoms with Crippen molar-refractivity contribution < 1.29 is 19.1 Å². The van der Waals surface area contributed by atoms with Gasteiger partial charge in [-0.25, -0.2) is 15.0 Å². The van der Waals surface area contributed by atoms with E-state index in [4.69, 9.17) is 4.74 Å². The molecule has 3 heterocycles. The van der Waals surface area contributed by atoms with E-state index in [0.717, 1.165) is 5.56 Å². The van der Waals surface area contributed by atoms with Crippen molar-refractivity contribution in [2.24, 2.45) is 0 Å². The summed E-state index contributed by atoms with van der Waals surface area (Å²) in [6.45, 7) is 1.68. The highest BCUT2D eigenvalue weighted by atomic mass is 32.1. The molecule has 0 aliphatic carbocycles. The van der Waals surface area contributed by atoms with E-state index in [1.165, 1.54) is 28.3 Å². The average molecular weight is 360 g/mol. The number of hydrogen-bond donors (Lipinski definition) is 0. The van der Waals surface area contributed by atoms with Gasteiger partial charge in [-0.1, -0.05) is 0 Å². The number of ether oxygens (including phenoxy) is 1. The lowest BCUT2D eigenvalue weighted by atomic mass is 10.3. The van der Waals surface area contributed by atoms with Crippen LogP contribution in [0.2, 0.25) is 0 Å². The lowest BCUT2D eigenvalue weighted by Crippen LogP contribution is -2.46. The van der Waals surface area contributed by atoms with Crippen LogP contribution in [0.25, 0.3) is 10.6 Å². The average Bonchev–Trinajstić information content (AvgIpc) is 3.29. The van der Waals surface area contributed by atoms with Crippen molar-refractivity contribution in [2.75, 3.05) is 19.7 Å². The van der Waals surface area contributed by atoms with E-state index in [1.54, 1.807) is 23.8 Å². The number of carbonyl (C=O) groups is 3. The van der Waals surface area contributed by atoms with Gasteiger partial charge in [-0.3, -0.25) is 19.4 Å². The zero-order chi connectivity index (χ0) is 17.8. The summed E-state index contributed by atoms with van der Waals surface area (Å²) in [7, 11) is 0. The van der Waals surface area contributed by atoms with Crippen LogP contribution in [0.5, 0.6) is 0 Å². The highest BCUT2D eigenvalue weighted by molar-refractivity contribution is 7.13. The maximum Gasteiger partial charge on any atom is 0.303 e. The first-order valence-electron chi connectivity index (χ1n) is 7.67. The molecular weight excluding hydrogens is 344 g/mol. The quantitative estimate of drug-likeness (QED) is 0.765. The number of nitrogens with zero attached hydrogens (tertiary/aromatic N) is 4. The number of pyridine rings is 1. The third-order valence-corrected chi connectivity index (χ3v) is 4.48. The molecule has 8 nitrogen and oxygen atoms in total. The second kappa shape index (κ2) is 7.39. The Kier molecular flexibility index (Phi) is 5.03. The number of aromatic nitrogens is 2. The Labute approximate surface area is 148 Å². The van der Waals surface area contributed by atoms with Crippen molar-refractivity contribution in [3.8, 4) is 10.6 Å². The molecule has 2 aromatic rings. The van der Waals surface area contributed by atoms with Crippen molar-refractivity contribution in [1.29, 1.82) is 0 Å². The first-order chi connectivity index (χ1) is 12.1. The summed E-state index contributed by atoms with van der Waals surface area (Å²) in [6, 6.07) is 3.67. The SMILES string of the molecule is CC(=O)OCC(=O)N1CCCN1C(=O)c1csc(-c2cccnc2)n1. The Hall–Kier alpha value is -2.81. The highest BCUT2D eigenvalue weighted by Crippen LogP contribution is 2.24. The van der Waals surface area contributed by atoms with Crippen molar-refractivity contribution in [1.82, 2.24) is 20.0 Å². The van der Waals surface area contributed by atoms with Gasteiger partial charge >= 0.3 is 5.97 Å². The van der Waals surface area contributed by atoms with E-state index in [0.29, 0.717) is 24.5 Å². The molecule has 130 valence electrons. The van der Waals surface area contributed by atoms with E-state index in [1.807, 2.05) is 6.07 Å². The second-order valence-electron chi connectivity index (χ2n) is 5.36. The molecule has 0 unspecified atom stereocenters. The third kappa shape index (κ3) is 3.82.